The molecule has 1 amide bonds. The summed E-state index contributed by atoms with van der Waals surface area (Å²) in [4.78, 5) is 13.9. The van der Waals surface area contributed by atoms with Gasteiger partial charge in [-0.1, -0.05) is 12.1 Å². The Labute approximate surface area is 126 Å². The maximum Gasteiger partial charge on any atom is 0.223 e. The second-order valence-corrected chi connectivity index (χ2v) is 5.93. The number of aryl methyl sites for hydroxylation is 1. The minimum absolute atomic E-state index is 0.248. The van der Waals surface area contributed by atoms with Gasteiger partial charge < -0.3 is 15.0 Å². The van der Waals surface area contributed by atoms with E-state index in [9.17, 15) is 4.79 Å². The predicted molar refractivity (Wildman–Crippen MR) is 83.5 cm³/mol. The first kappa shape index (κ1) is 14.4. The number of morpholine rings is 1. The summed E-state index contributed by atoms with van der Waals surface area (Å²) < 4.78 is 5.37. The normalized spacial score (nSPS) is 18.6. The molecule has 1 aliphatic heterocycles. The first-order valence-electron chi connectivity index (χ1n) is 8.02. The van der Waals surface area contributed by atoms with E-state index < -0.39 is 0 Å². The van der Waals surface area contributed by atoms with Crippen molar-refractivity contribution >= 4 is 11.6 Å². The van der Waals surface area contributed by atoms with Gasteiger partial charge in [0, 0.05) is 31.2 Å². The number of carbonyl (C=O) groups excluding carboxylic acids is 1. The van der Waals surface area contributed by atoms with Gasteiger partial charge in [0.1, 0.15) is 0 Å². The third-order valence-electron chi connectivity index (χ3n) is 4.20. The number of nitrogens with one attached hydrogen (secondary N) is 1. The van der Waals surface area contributed by atoms with Crippen LogP contribution >= 0.6 is 0 Å². The molecule has 21 heavy (non-hydrogen) atoms. The number of hydrogen-bond donors (Lipinski definition) is 1. The summed E-state index contributed by atoms with van der Waals surface area (Å²) in [5, 5.41) is 3.02. The van der Waals surface area contributed by atoms with Gasteiger partial charge in [-0.05, 0) is 43.4 Å². The fourth-order valence-electron chi connectivity index (χ4n) is 2.69. The van der Waals surface area contributed by atoms with Gasteiger partial charge in [0.2, 0.25) is 5.91 Å². The minimum atomic E-state index is 0.248. The fourth-order valence-corrected chi connectivity index (χ4v) is 2.69. The van der Waals surface area contributed by atoms with Gasteiger partial charge in [-0.3, -0.25) is 4.79 Å². The van der Waals surface area contributed by atoms with Crippen molar-refractivity contribution in [2.24, 2.45) is 5.92 Å². The number of anilines is 1. The summed E-state index contributed by atoms with van der Waals surface area (Å²) in [6.45, 7) is 4.39. The molecule has 114 valence electrons. The third kappa shape index (κ3) is 4.21. The van der Waals surface area contributed by atoms with Crippen LogP contribution in [0.4, 0.5) is 5.69 Å². The largest absolute Gasteiger partial charge is 0.378 e. The molecular weight excluding hydrogens is 264 g/mol. The van der Waals surface area contributed by atoms with Crippen LogP contribution in [0.15, 0.2) is 24.3 Å². The van der Waals surface area contributed by atoms with E-state index in [1.165, 1.54) is 11.3 Å². The van der Waals surface area contributed by atoms with Gasteiger partial charge in [0.15, 0.2) is 0 Å². The molecule has 3 rings (SSSR count). The van der Waals surface area contributed by atoms with Crippen molar-refractivity contribution in [1.29, 1.82) is 0 Å². The highest BCUT2D eigenvalue weighted by Gasteiger charge is 2.28. The maximum absolute atomic E-state index is 11.5. The first-order chi connectivity index (χ1) is 10.3. The van der Waals surface area contributed by atoms with Gasteiger partial charge in [0.05, 0.1) is 13.2 Å². The monoisotopic (exact) mass is 288 g/mol. The van der Waals surface area contributed by atoms with Gasteiger partial charge in [0.25, 0.3) is 0 Å². The van der Waals surface area contributed by atoms with E-state index in [0.29, 0.717) is 5.92 Å². The first-order valence-corrected chi connectivity index (χ1v) is 8.02. The molecule has 0 unspecified atom stereocenters. The Kier molecular flexibility index (Phi) is 4.76. The van der Waals surface area contributed by atoms with Gasteiger partial charge in [-0.2, -0.15) is 0 Å². The lowest BCUT2D eigenvalue weighted by molar-refractivity contribution is -0.122. The van der Waals surface area contributed by atoms with Crippen LogP contribution in [0.1, 0.15) is 24.8 Å². The Morgan fingerprint density at radius 3 is 2.57 bits per heavy atom. The number of ether oxygens (including phenoxy) is 1. The van der Waals surface area contributed by atoms with E-state index in [1.807, 2.05) is 0 Å². The molecular formula is C17H24N2O2. The molecule has 0 atom stereocenters. The zero-order valence-corrected chi connectivity index (χ0v) is 12.5. The Morgan fingerprint density at radius 1 is 1.19 bits per heavy atom. The van der Waals surface area contributed by atoms with Crippen molar-refractivity contribution in [2.45, 2.75) is 25.7 Å². The van der Waals surface area contributed by atoms with Crippen LogP contribution in [0.3, 0.4) is 0 Å². The van der Waals surface area contributed by atoms with Crippen molar-refractivity contribution in [3.05, 3.63) is 29.8 Å². The lowest BCUT2D eigenvalue weighted by atomic mass is 10.1. The summed E-state index contributed by atoms with van der Waals surface area (Å²) in [7, 11) is 0. The van der Waals surface area contributed by atoms with Crippen LogP contribution in [0.25, 0.3) is 0 Å². The van der Waals surface area contributed by atoms with Crippen molar-refractivity contribution in [2.75, 3.05) is 37.7 Å². The second-order valence-electron chi connectivity index (χ2n) is 5.93. The van der Waals surface area contributed by atoms with Crippen LogP contribution < -0.4 is 10.2 Å². The number of benzene rings is 1. The van der Waals surface area contributed by atoms with Crippen LogP contribution in [0.2, 0.25) is 0 Å². The van der Waals surface area contributed by atoms with E-state index in [-0.39, 0.29) is 5.91 Å². The van der Waals surface area contributed by atoms with Gasteiger partial charge in [-0.25, -0.2) is 0 Å². The second kappa shape index (κ2) is 6.94. The van der Waals surface area contributed by atoms with E-state index >= 15 is 0 Å². The summed E-state index contributed by atoms with van der Waals surface area (Å²) in [5.74, 6) is 0.565. The van der Waals surface area contributed by atoms with E-state index in [0.717, 1.165) is 58.5 Å². The molecule has 1 aromatic rings. The Morgan fingerprint density at radius 2 is 1.90 bits per heavy atom. The van der Waals surface area contributed by atoms with E-state index in [1.54, 1.807) is 0 Å². The summed E-state index contributed by atoms with van der Waals surface area (Å²) in [5.41, 5.74) is 2.62. The molecule has 2 fully saturated rings. The molecule has 1 saturated carbocycles. The molecule has 1 aliphatic carbocycles. The van der Waals surface area contributed by atoms with Crippen molar-refractivity contribution in [3.63, 3.8) is 0 Å². The molecule has 0 bridgehead atoms. The number of nitrogens with zero attached hydrogens (tertiary/aromatic N) is 1. The Balaban J connectivity index is 1.40. The Bertz CT molecular complexity index is 462. The molecule has 1 aromatic carbocycles. The molecule has 0 spiro atoms. The molecule has 1 saturated heterocycles. The third-order valence-corrected chi connectivity index (χ3v) is 4.20. The maximum atomic E-state index is 11.5. The average molecular weight is 288 g/mol. The van der Waals surface area contributed by atoms with Gasteiger partial charge >= 0.3 is 0 Å². The predicted octanol–water partition coefficient (Wildman–Crippen LogP) is 1.98. The zero-order chi connectivity index (χ0) is 14.5. The molecule has 2 aliphatic rings. The quantitative estimate of drug-likeness (QED) is 0.814. The molecule has 1 heterocycles. The SMILES string of the molecule is O=C(NCCCc1ccc(N2CCOCC2)cc1)C1CC1. The van der Waals surface area contributed by atoms with Crippen LogP contribution in [0.5, 0.6) is 0 Å². The Hall–Kier alpha value is -1.55. The molecule has 1 N–H and O–H groups in total. The number of carbonyl (C=O) groups is 1. The van der Waals surface area contributed by atoms with Crippen LogP contribution in [-0.2, 0) is 16.0 Å². The van der Waals surface area contributed by atoms with E-state index in [4.69, 9.17) is 4.74 Å². The molecule has 4 nitrogen and oxygen atoms in total. The lowest BCUT2D eigenvalue weighted by Gasteiger charge is -2.28. The summed E-state index contributed by atoms with van der Waals surface area (Å²) >= 11 is 0. The lowest BCUT2D eigenvalue weighted by Crippen LogP contribution is -2.36. The standard InChI is InChI=1S/C17H24N2O2/c20-17(15-5-6-15)18-9-1-2-14-3-7-16(8-4-14)19-10-12-21-13-11-19/h3-4,7-8,15H,1-2,5-6,9-13H2,(H,18,20). The van der Waals surface area contributed by atoms with Crippen LogP contribution in [-0.4, -0.2) is 38.8 Å². The highest BCUT2D eigenvalue weighted by atomic mass is 16.5. The average Bonchev–Trinajstić information content (AvgIpc) is 3.38. The van der Waals surface area contributed by atoms with Crippen molar-refractivity contribution < 1.29 is 9.53 Å². The highest BCUT2D eigenvalue weighted by Crippen LogP contribution is 2.28. The van der Waals surface area contributed by atoms with Crippen molar-refractivity contribution in [3.8, 4) is 0 Å². The van der Waals surface area contributed by atoms with Crippen LogP contribution in [0, 0.1) is 5.92 Å². The van der Waals surface area contributed by atoms with Gasteiger partial charge in [-0.15, -0.1) is 0 Å². The smallest absolute Gasteiger partial charge is 0.223 e. The minimum Gasteiger partial charge on any atom is -0.378 e. The highest BCUT2D eigenvalue weighted by molar-refractivity contribution is 5.80. The molecule has 0 aromatic heterocycles. The number of hydrogen-bond acceptors (Lipinski definition) is 3. The summed E-state index contributed by atoms with van der Waals surface area (Å²) in [6.07, 6.45) is 4.19. The fraction of sp³-hybridized carbons (Fsp3) is 0.588. The van der Waals surface area contributed by atoms with Crippen molar-refractivity contribution in [1.82, 2.24) is 5.32 Å². The number of rotatable bonds is 6. The zero-order valence-electron chi connectivity index (χ0n) is 12.5. The number of amides is 1. The molecule has 0 radical (unpaired) electrons. The van der Waals surface area contributed by atoms with E-state index in [2.05, 4.69) is 34.5 Å². The molecule has 4 heteroatoms. The summed E-state index contributed by atoms with van der Waals surface area (Å²) in [6, 6.07) is 8.80. The topological polar surface area (TPSA) is 41.6 Å².